The first-order valence-electron chi connectivity index (χ1n) is 10.1. The zero-order valence-electron chi connectivity index (χ0n) is 16.6. The maximum atomic E-state index is 12.8. The van der Waals surface area contributed by atoms with E-state index in [-0.39, 0.29) is 23.6 Å². The number of piperidine rings is 1. The van der Waals surface area contributed by atoms with Gasteiger partial charge in [0.1, 0.15) is 12.4 Å². The van der Waals surface area contributed by atoms with Crippen LogP contribution in [0.15, 0.2) is 12.3 Å². The Morgan fingerprint density at radius 1 is 1.21 bits per heavy atom. The molecule has 3 rings (SSSR count). The van der Waals surface area contributed by atoms with E-state index < -0.39 is 11.7 Å². The summed E-state index contributed by atoms with van der Waals surface area (Å²) in [5, 5.41) is 0.0182. The number of amides is 1. The molecule has 2 fully saturated rings. The first kappa shape index (κ1) is 22.2. The number of halogens is 4. The minimum Gasteiger partial charge on any atom is -0.375 e. The van der Waals surface area contributed by atoms with Crippen molar-refractivity contribution in [3.8, 4) is 0 Å². The zero-order valence-corrected chi connectivity index (χ0v) is 17.3. The maximum absolute atomic E-state index is 12.8. The quantitative estimate of drug-likeness (QED) is 0.706. The number of methoxy groups -OCH3 is 1. The number of rotatable bonds is 4. The summed E-state index contributed by atoms with van der Waals surface area (Å²) in [5.41, 5.74) is -0.841. The highest BCUT2D eigenvalue weighted by Gasteiger charge is 2.35. The third kappa shape index (κ3) is 5.34. The highest BCUT2D eigenvalue weighted by molar-refractivity contribution is 6.33. The molecule has 0 aromatic carbocycles. The van der Waals surface area contributed by atoms with Crippen LogP contribution >= 0.6 is 11.6 Å². The summed E-state index contributed by atoms with van der Waals surface area (Å²) in [6.45, 7) is 2.18. The van der Waals surface area contributed by atoms with Crippen molar-refractivity contribution < 1.29 is 22.7 Å². The molecule has 2 saturated heterocycles. The Balaban J connectivity index is 1.67. The predicted molar refractivity (Wildman–Crippen MR) is 105 cm³/mol. The van der Waals surface area contributed by atoms with Gasteiger partial charge in [-0.15, -0.1) is 0 Å². The first-order chi connectivity index (χ1) is 13.8. The minimum atomic E-state index is -4.46. The molecule has 0 spiro atoms. The average molecular weight is 434 g/mol. The molecule has 3 heterocycles. The Kier molecular flexibility index (Phi) is 7.27. The van der Waals surface area contributed by atoms with E-state index in [0.29, 0.717) is 24.8 Å². The molecule has 9 heteroatoms. The molecule has 0 radical (unpaired) electrons. The van der Waals surface area contributed by atoms with E-state index >= 15 is 0 Å². The lowest BCUT2D eigenvalue weighted by atomic mass is 9.86. The van der Waals surface area contributed by atoms with Crippen molar-refractivity contribution in [3.63, 3.8) is 0 Å². The number of carbonyl (C=O) groups excluding carboxylic acids is 1. The fourth-order valence-electron chi connectivity index (χ4n) is 4.45. The highest BCUT2D eigenvalue weighted by atomic mass is 35.5. The number of alkyl halides is 3. The maximum Gasteiger partial charge on any atom is 0.417 e. The summed E-state index contributed by atoms with van der Waals surface area (Å²) in [5.74, 6) is 0.791. The number of pyridine rings is 1. The standard InChI is InChI=1S/C20H27ClF3N3O2/c1-29-13-18(28)27-8-4-2-3-5-17(27)14-6-9-26(10-7-14)19-16(21)11-15(12-25-19)20(22,23)24/h11-12,14,17H,2-10,13H2,1H3. The average Bonchev–Trinajstić information content (AvgIpc) is 2.94. The molecule has 162 valence electrons. The number of hydrogen-bond acceptors (Lipinski definition) is 4. The number of carbonyl (C=O) groups is 1. The van der Waals surface area contributed by atoms with Gasteiger partial charge in [0.05, 0.1) is 10.6 Å². The molecule has 0 aliphatic carbocycles. The summed E-state index contributed by atoms with van der Waals surface area (Å²) in [7, 11) is 1.53. The van der Waals surface area contributed by atoms with Gasteiger partial charge in [-0.2, -0.15) is 13.2 Å². The molecule has 0 N–H and O–H groups in total. The summed E-state index contributed by atoms with van der Waals surface area (Å²) >= 11 is 6.10. The molecule has 5 nitrogen and oxygen atoms in total. The third-order valence-corrected chi connectivity index (χ3v) is 6.20. The molecule has 1 aromatic rings. The van der Waals surface area contributed by atoms with Crippen LogP contribution in [-0.4, -0.2) is 55.2 Å². The van der Waals surface area contributed by atoms with Gasteiger partial charge in [-0.25, -0.2) is 4.98 Å². The van der Waals surface area contributed by atoms with E-state index in [1.165, 1.54) is 7.11 Å². The highest BCUT2D eigenvalue weighted by Crippen LogP contribution is 2.36. The monoisotopic (exact) mass is 433 g/mol. The molecule has 2 aliphatic rings. The van der Waals surface area contributed by atoms with Crippen LogP contribution in [0.4, 0.5) is 19.0 Å². The topological polar surface area (TPSA) is 45.7 Å². The number of hydrogen-bond donors (Lipinski definition) is 0. The summed E-state index contributed by atoms with van der Waals surface area (Å²) in [6.07, 6.45) is 2.30. The van der Waals surface area contributed by atoms with Crippen molar-refractivity contribution >= 4 is 23.3 Å². The smallest absolute Gasteiger partial charge is 0.375 e. The number of aromatic nitrogens is 1. The van der Waals surface area contributed by atoms with E-state index in [2.05, 4.69) is 4.98 Å². The molecule has 1 atom stereocenters. The van der Waals surface area contributed by atoms with Gasteiger partial charge in [-0.05, 0) is 37.7 Å². The second-order valence-corrected chi connectivity index (χ2v) is 8.20. The Morgan fingerprint density at radius 3 is 2.55 bits per heavy atom. The van der Waals surface area contributed by atoms with E-state index in [4.69, 9.17) is 16.3 Å². The van der Waals surface area contributed by atoms with Crippen LogP contribution in [0.5, 0.6) is 0 Å². The van der Waals surface area contributed by atoms with Crippen molar-refractivity contribution in [2.24, 2.45) is 5.92 Å². The van der Waals surface area contributed by atoms with Gasteiger partial charge in [-0.3, -0.25) is 4.79 Å². The van der Waals surface area contributed by atoms with Crippen LogP contribution in [0, 0.1) is 5.92 Å². The van der Waals surface area contributed by atoms with Crippen molar-refractivity contribution in [2.75, 3.05) is 38.3 Å². The summed E-state index contributed by atoms with van der Waals surface area (Å²) in [6, 6.07) is 1.13. The van der Waals surface area contributed by atoms with Crippen molar-refractivity contribution in [2.45, 2.75) is 50.7 Å². The van der Waals surface area contributed by atoms with Crippen LogP contribution in [0.3, 0.4) is 0 Å². The second-order valence-electron chi connectivity index (χ2n) is 7.79. The van der Waals surface area contributed by atoms with E-state index in [0.717, 1.165) is 57.3 Å². The Bertz CT molecular complexity index is 709. The Morgan fingerprint density at radius 2 is 1.93 bits per heavy atom. The molecule has 1 aromatic heterocycles. The molecular weight excluding hydrogens is 407 g/mol. The fourth-order valence-corrected chi connectivity index (χ4v) is 4.74. The molecular formula is C20H27ClF3N3O2. The largest absolute Gasteiger partial charge is 0.417 e. The molecule has 0 saturated carbocycles. The number of likely N-dealkylation sites (tertiary alicyclic amines) is 1. The van der Waals surface area contributed by atoms with Gasteiger partial charge in [0, 0.05) is 39.0 Å². The van der Waals surface area contributed by atoms with Crippen molar-refractivity contribution in [1.29, 1.82) is 0 Å². The van der Waals surface area contributed by atoms with Gasteiger partial charge >= 0.3 is 6.18 Å². The van der Waals surface area contributed by atoms with E-state index in [1.807, 2.05) is 9.80 Å². The summed E-state index contributed by atoms with van der Waals surface area (Å²) in [4.78, 5) is 20.4. The van der Waals surface area contributed by atoms with Crippen molar-refractivity contribution in [3.05, 3.63) is 22.8 Å². The lowest BCUT2D eigenvalue weighted by molar-refractivity contribution is -0.139. The normalized spacial score (nSPS) is 21.9. The minimum absolute atomic E-state index is 0.0182. The lowest BCUT2D eigenvalue weighted by Crippen LogP contribution is -2.49. The lowest BCUT2D eigenvalue weighted by Gasteiger charge is -2.41. The van der Waals surface area contributed by atoms with Crippen LogP contribution < -0.4 is 4.90 Å². The van der Waals surface area contributed by atoms with Gasteiger partial charge < -0.3 is 14.5 Å². The van der Waals surface area contributed by atoms with Crippen LogP contribution in [-0.2, 0) is 15.7 Å². The predicted octanol–water partition coefficient (Wildman–Crippen LogP) is 4.39. The first-order valence-corrected chi connectivity index (χ1v) is 10.4. The molecule has 0 bridgehead atoms. The Labute approximate surface area is 174 Å². The van der Waals surface area contributed by atoms with Gasteiger partial charge in [0.2, 0.25) is 5.91 Å². The SMILES string of the molecule is COCC(=O)N1CCCCCC1C1CCN(c2ncc(C(F)(F)F)cc2Cl)CC1. The zero-order chi connectivity index (χ0) is 21.0. The Hall–Kier alpha value is -1.54. The third-order valence-electron chi connectivity index (χ3n) is 5.92. The van der Waals surface area contributed by atoms with E-state index in [1.54, 1.807) is 0 Å². The van der Waals surface area contributed by atoms with Crippen LogP contribution in [0.1, 0.15) is 44.1 Å². The molecule has 2 aliphatic heterocycles. The number of nitrogens with zero attached hydrogens (tertiary/aromatic N) is 3. The number of anilines is 1. The van der Waals surface area contributed by atoms with Gasteiger partial charge in [0.15, 0.2) is 0 Å². The van der Waals surface area contributed by atoms with Crippen LogP contribution in [0.25, 0.3) is 0 Å². The van der Waals surface area contributed by atoms with E-state index in [9.17, 15) is 18.0 Å². The molecule has 29 heavy (non-hydrogen) atoms. The molecule has 1 amide bonds. The molecule has 1 unspecified atom stereocenters. The van der Waals surface area contributed by atoms with Gasteiger partial charge in [-0.1, -0.05) is 24.4 Å². The second kappa shape index (κ2) is 9.51. The fraction of sp³-hybridized carbons (Fsp3) is 0.700. The van der Waals surface area contributed by atoms with Gasteiger partial charge in [0.25, 0.3) is 0 Å². The van der Waals surface area contributed by atoms with Crippen LogP contribution in [0.2, 0.25) is 5.02 Å². The summed E-state index contributed by atoms with van der Waals surface area (Å²) < 4.78 is 43.6. The van der Waals surface area contributed by atoms with Crippen molar-refractivity contribution in [1.82, 2.24) is 9.88 Å². The number of ether oxygens (including phenoxy) is 1.